The van der Waals surface area contributed by atoms with Gasteiger partial charge in [0.15, 0.2) is 0 Å². The maximum atomic E-state index is 13.6. The van der Waals surface area contributed by atoms with E-state index in [1.54, 1.807) is 26.1 Å². The molecule has 2 aromatic rings. The Hall–Kier alpha value is -1.45. The molecular weight excluding hydrogens is 268 g/mol. The van der Waals surface area contributed by atoms with E-state index in [0.717, 1.165) is 5.56 Å². The fourth-order valence-corrected chi connectivity index (χ4v) is 2.12. The molecule has 0 aliphatic rings. The molecule has 0 spiro atoms. The van der Waals surface area contributed by atoms with Crippen LogP contribution in [0.1, 0.15) is 22.7 Å². The van der Waals surface area contributed by atoms with Crippen LogP contribution in [0.15, 0.2) is 36.4 Å². The lowest BCUT2D eigenvalue weighted by Gasteiger charge is -2.18. The first-order valence-electron chi connectivity index (χ1n) is 5.91. The first-order valence-corrected chi connectivity index (χ1v) is 6.29. The van der Waals surface area contributed by atoms with Crippen molar-refractivity contribution < 1.29 is 8.78 Å². The summed E-state index contributed by atoms with van der Waals surface area (Å²) in [6, 6.07) is 9.31. The highest BCUT2D eigenvalue weighted by molar-refractivity contribution is 6.30. The molecular formula is C15H14ClF2N. The average molecular weight is 282 g/mol. The van der Waals surface area contributed by atoms with Crippen LogP contribution in [0.2, 0.25) is 5.02 Å². The summed E-state index contributed by atoms with van der Waals surface area (Å²) >= 11 is 5.67. The lowest BCUT2D eigenvalue weighted by molar-refractivity contribution is 0.603. The van der Waals surface area contributed by atoms with Crippen LogP contribution in [-0.2, 0) is 0 Å². The van der Waals surface area contributed by atoms with Gasteiger partial charge < -0.3 is 5.32 Å². The van der Waals surface area contributed by atoms with Gasteiger partial charge in [-0.3, -0.25) is 0 Å². The van der Waals surface area contributed by atoms with Crippen LogP contribution in [-0.4, -0.2) is 7.05 Å². The van der Waals surface area contributed by atoms with Gasteiger partial charge in [-0.15, -0.1) is 0 Å². The summed E-state index contributed by atoms with van der Waals surface area (Å²) in [5.74, 6) is -0.751. The van der Waals surface area contributed by atoms with E-state index in [1.165, 1.54) is 18.2 Å². The molecule has 0 amide bonds. The molecule has 4 heteroatoms. The number of nitrogens with one attached hydrogen (secondary N) is 1. The molecule has 1 N–H and O–H groups in total. The molecule has 0 radical (unpaired) electrons. The topological polar surface area (TPSA) is 12.0 Å². The molecule has 100 valence electrons. The molecule has 0 aliphatic heterocycles. The van der Waals surface area contributed by atoms with Crippen molar-refractivity contribution in [3.05, 3.63) is 69.7 Å². The maximum absolute atomic E-state index is 13.6. The summed E-state index contributed by atoms with van der Waals surface area (Å²) in [5, 5.41) is 3.13. The molecule has 0 bridgehead atoms. The summed E-state index contributed by atoms with van der Waals surface area (Å²) in [5.41, 5.74) is 2.03. The molecule has 19 heavy (non-hydrogen) atoms. The van der Waals surface area contributed by atoms with Crippen molar-refractivity contribution in [3.8, 4) is 0 Å². The Labute approximate surface area is 116 Å². The third-order valence-electron chi connectivity index (χ3n) is 3.09. The molecule has 0 fully saturated rings. The Morgan fingerprint density at radius 2 is 1.58 bits per heavy atom. The first kappa shape index (κ1) is 14.0. The molecule has 0 aromatic heterocycles. The summed E-state index contributed by atoms with van der Waals surface area (Å²) in [6.07, 6.45) is 0. The zero-order valence-electron chi connectivity index (χ0n) is 10.7. The Morgan fingerprint density at radius 3 is 2.11 bits per heavy atom. The number of hydrogen-bond acceptors (Lipinski definition) is 1. The number of rotatable bonds is 3. The van der Waals surface area contributed by atoms with E-state index in [4.69, 9.17) is 11.6 Å². The van der Waals surface area contributed by atoms with Crippen molar-refractivity contribution in [3.63, 3.8) is 0 Å². The predicted octanol–water partition coefficient (Wildman–Crippen LogP) is 4.24. The maximum Gasteiger partial charge on any atom is 0.142 e. The summed E-state index contributed by atoms with van der Waals surface area (Å²) in [6.45, 7) is 1.70. The van der Waals surface area contributed by atoms with Gasteiger partial charge >= 0.3 is 0 Å². The van der Waals surface area contributed by atoms with Gasteiger partial charge in [0, 0.05) is 0 Å². The third kappa shape index (κ3) is 2.94. The molecule has 0 aliphatic carbocycles. The molecule has 1 atom stereocenters. The van der Waals surface area contributed by atoms with Gasteiger partial charge in [0.1, 0.15) is 11.6 Å². The van der Waals surface area contributed by atoms with Crippen LogP contribution in [0.4, 0.5) is 8.78 Å². The van der Waals surface area contributed by atoms with Crippen LogP contribution in [0.5, 0.6) is 0 Å². The van der Waals surface area contributed by atoms with Crippen molar-refractivity contribution in [1.29, 1.82) is 0 Å². The monoisotopic (exact) mass is 281 g/mol. The standard InChI is InChI=1S/C15H14ClF2N/c1-9-3-4-10(7-13(9)17)15(19-2)11-5-6-12(16)14(18)8-11/h3-8,15,19H,1-2H3. The smallest absolute Gasteiger partial charge is 0.142 e. The lowest BCUT2D eigenvalue weighted by atomic mass is 9.97. The molecule has 1 unspecified atom stereocenters. The van der Waals surface area contributed by atoms with Gasteiger partial charge in [-0.05, 0) is 48.9 Å². The fraction of sp³-hybridized carbons (Fsp3) is 0.200. The van der Waals surface area contributed by atoms with E-state index in [2.05, 4.69) is 5.32 Å². The van der Waals surface area contributed by atoms with E-state index in [0.29, 0.717) is 11.1 Å². The highest BCUT2D eigenvalue weighted by Crippen LogP contribution is 2.26. The van der Waals surface area contributed by atoms with Crippen LogP contribution in [0.25, 0.3) is 0 Å². The quantitative estimate of drug-likeness (QED) is 0.887. The molecule has 0 saturated carbocycles. The minimum Gasteiger partial charge on any atom is -0.309 e. The van der Waals surface area contributed by atoms with Crippen molar-refractivity contribution in [2.75, 3.05) is 7.05 Å². The second kappa shape index (κ2) is 5.68. The van der Waals surface area contributed by atoms with Crippen LogP contribution >= 0.6 is 11.6 Å². The van der Waals surface area contributed by atoms with Gasteiger partial charge in [0.2, 0.25) is 0 Å². The third-order valence-corrected chi connectivity index (χ3v) is 3.40. The minimum atomic E-state index is -0.480. The number of aryl methyl sites for hydroxylation is 1. The summed E-state index contributed by atoms with van der Waals surface area (Å²) in [4.78, 5) is 0. The zero-order chi connectivity index (χ0) is 14.0. The van der Waals surface area contributed by atoms with Gasteiger partial charge in [0.25, 0.3) is 0 Å². The van der Waals surface area contributed by atoms with Gasteiger partial charge in [0.05, 0.1) is 11.1 Å². The number of halogens is 3. The van der Waals surface area contributed by atoms with E-state index in [-0.39, 0.29) is 16.9 Å². The van der Waals surface area contributed by atoms with Crippen LogP contribution in [0.3, 0.4) is 0 Å². The van der Waals surface area contributed by atoms with E-state index >= 15 is 0 Å². The highest BCUT2D eigenvalue weighted by atomic mass is 35.5. The van der Waals surface area contributed by atoms with Gasteiger partial charge in [-0.1, -0.05) is 29.8 Å². The first-order chi connectivity index (χ1) is 9.02. The SMILES string of the molecule is CNC(c1ccc(C)c(F)c1)c1ccc(Cl)c(F)c1. The molecule has 1 nitrogen and oxygen atoms in total. The molecule has 2 aromatic carbocycles. The Kier molecular flexibility index (Phi) is 4.17. The van der Waals surface area contributed by atoms with E-state index in [9.17, 15) is 8.78 Å². The van der Waals surface area contributed by atoms with Crippen LogP contribution in [0, 0.1) is 18.6 Å². The second-order valence-electron chi connectivity index (χ2n) is 4.40. The highest BCUT2D eigenvalue weighted by Gasteiger charge is 2.15. The number of hydrogen-bond donors (Lipinski definition) is 1. The molecule has 0 saturated heterocycles. The minimum absolute atomic E-state index is 0.0775. The summed E-state index contributed by atoms with van der Waals surface area (Å²) < 4.78 is 27.1. The number of benzene rings is 2. The lowest BCUT2D eigenvalue weighted by Crippen LogP contribution is -2.18. The largest absolute Gasteiger partial charge is 0.309 e. The van der Waals surface area contributed by atoms with Crippen molar-refractivity contribution in [2.45, 2.75) is 13.0 Å². The second-order valence-corrected chi connectivity index (χ2v) is 4.81. The van der Waals surface area contributed by atoms with Crippen LogP contribution < -0.4 is 5.32 Å². The Morgan fingerprint density at radius 1 is 1.00 bits per heavy atom. The average Bonchev–Trinajstić information content (AvgIpc) is 2.39. The molecule has 2 rings (SSSR count). The van der Waals surface area contributed by atoms with E-state index < -0.39 is 5.82 Å². The Bertz CT molecular complexity index is 547. The van der Waals surface area contributed by atoms with Crippen molar-refractivity contribution >= 4 is 11.6 Å². The van der Waals surface area contributed by atoms with Gasteiger partial charge in [-0.2, -0.15) is 0 Å². The van der Waals surface area contributed by atoms with Gasteiger partial charge in [-0.25, -0.2) is 8.78 Å². The Balaban J connectivity index is 2.43. The summed E-state index contributed by atoms with van der Waals surface area (Å²) in [7, 11) is 1.74. The zero-order valence-corrected chi connectivity index (χ0v) is 11.4. The fourth-order valence-electron chi connectivity index (χ4n) is 2.01. The predicted molar refractivity (Wildman–Crippen MR) is 73.4 cm³/mol. The molecule has 0 heterocycles. The van der Waals surface area contributed by atoms with Crippen molar-refractivity contribution in [2.24, 2.45) is 0 Å². The normalized spacial score (nSPS) is 12.5. The van der Waals surface area contributed by atoms with Crippen molar-refractivity contribution in [1.82, 2.24) is 5.32 Å². The van der Waals surface area contributed by atoms with E-state index in [1.807, 2.05) is 6.07 Å².